The van der Waals surface area contributed by atoms with Crippen LogP contribution in [-0.2, 0) is 0 Å². The zero-order valence-electron chi connectivity index (χ0n) is 5.41. The van der Waals surface area contributed by atoms with Crippen molar-refractivity contribution in [2.45, 2.75) is 0 Å². The van der Waals surface area contributed by atoms with Crippen molar-refractivity contribution < 1.29 is 4.79 Å². The molecule has 11 heavy (non-hydrogen) atoms. The van der Waals surface area contributed by atoms with Gasteiger partial charge in [0.15, 0.2) is 0 Å². The van der Waals surface area contributed by atoms with Crippen LogP contribution in [-0.4, -0.2) is 10.2 Å². The van der Waals surface area contributed by atoms with Gasteiger partial charge < -0.3 is 5.32 Å². The number of pyridine rings is 1. The van der Waals surface area contributed by atoms with Crippen molar-refractivity contribution in [2.24, 2.45) is 0 Å². The van der Waals surface area contributed by atoms with Gasteiger partial charge in [0.05, 0.1) is 5.02 Å². The van der Waals surface area contributed by atoms with Crippen LogP contribution in [0.15, 0.2) is 18.3 Å². The number of anilines is 1. The molecule has 0 atom stereocenters. The second kappa shape index (κ2) is 3.59. The zero-order valence-corrected chi connectivity index (χ0v) is 7.06. The van der Waals surface area contributed by atoms with E-state index < -0.39 is 5.24 Å². The molecule has 1 aromatic heterocycles. The van der Waals surface area contributed by atoms with E-state index in [1.54, 1.807) is 12.1 Å². The van der Waals surface area contributed by atoms with Crippen LogP contribution in [0.25, 0.3) is 0 Å². The summed E-state index contributed by atoms with van der Waals surface area (Å²) in [6, 6.07) is 3.23. The first-order valence-corrected chi connectivity index (χ1v) is 3.62. The predicted molar refractivity (Wildman–Crippen MR) is 47.3 cm³/mol. The minimum Gasteiger partial charge on any atom is -0.302 e. The Morgan fingerprint density at radius 2 is 2.36 bits per heavy atom. The van der Waals surface area contributed by atoms with Crippen LogP contribution < -0.4 is 5.32 Å². The molecule has 3 nitrogen and oxygen atoms in total. The SMILES string of the molecule is O=C(S)Nc1ccc(Cl)cn1. The Balaban J connectivity index is 2.74. The predicted octanol–water partition coefficient (Wildman–Crippen LogP) is 2.20. The third-order valence-electron chi connectivity index (χ3n) is 0.962. The van der Waals surface area contributed by atoms with Crippen molar-refractivity contribution in [1.82, 2.24) is 4.98 Å². The number of amides is 1. The summed E-state index contributed by atoms with van der Waals surface area (Å²) in [6.45, 7) is 0. The Kier molecular flexibility index (Phi) is 2.73. The fourth-order valence-corrected chi connectivity index (χ4v) is 0.786. The Labute approximate surface area is 74.2 Å². The van der Waals surface area contributed by atoms with Gasteiger partial charge in [-0.2, -0.15) is 0 Å². The maximum absolute atomic E-state index is 10.4. The first-order chi connectivity index (χ1) is 5.18. The maximum Gasteiger partial charge on any atom is 0.281 e. The van der Waals surface area contributed by atoms with Gasteiger partial charge in [0.2, 0.25) is 0 Å². The minimum atomic E-state index is -0.445. The van der Waals surface area contributed by atoms with E-state index in [2.05, 4.69) is 22.9 Å². The van der Waals surface area contributed by atoms with E-state index in [1.165, 1.54) is 6.20 Å². The van der Waals surface area contributed by atoms with E-state index in [0.717, 1.165) is 0 Å². The molecule has 1 aromatic rings. The van der Waals surface area contributed by atoms with Crippen LogP contribution in [0.2, 0.25) is 5.02 Å². The summed E-state index contributed by atoms with van der Waals surface area (Å²) in [6.07, 6.45) is 1.45. The Bertz CT molecular complexity index is 262. The normalized spacial score (nSPS) is 9.27. The van der Waals surface area contributed by atoms with Crippen LogP contribution in [0, 0.1) is 0 Å². The highest BCUT2D eigenvalue weighted by Crippen LogP contribution is 2.09. The standard InChI is InChI=1S/C6H5ClN2OS/c7-4-1-2-5(8-3-4)9-6(10)11/h1-3H,(H2,8,9,10,11). The summed E-state index contributed by atoms with van der Waals surface area (Å²) in [5.74, 6) is 0.439. The number of carbonyl (C=O) groups excluding carboxylic acids is 1. The minimum absolute atomic E-state index is 0.439. The number of carbonyl (C=O) groups is 1. The molecule has 1 amide bonds. The molecule has 1 rings (SSSR count). The van der Waals surface area contributed by atoms with Gasteiger partial charge in [-0.05, 0) is 12.1 Å². The van der Waals surface area contributed by atoms with Gasteiger partial charge in [-0.25, -0.2) is 4.98 Å². The number of aromatic nitrogens is 1. The lowest BCUT2D eigenvalue weighted by Gasteiger charge is -1.97. The van der Waals surface area contributed by atoms with Crippen molar-refractivity contribution >= 4 is 35.3 Å². The smallest absolute Gasteiger partial charge is 0.281 e. The third-order valence-corrected chi connectivity index (χ3v) is 1.30. The van der Waals surface area contributed by atoms with Crippen molar-refractivity contribution in [3.63, 3.8) is 0 Å². The van der Waals surface area contributed by atoms with Crippen LogP contribution in [0.1, 0.15) is 0 Å². The summed E-state index contributed by atoms with van der Waals surface area (Å²) in [4.78, 5) is 14.2. The second-order valence-electron chi connectivity index (χ2n) is 1.79. The van der Waals surface area contributed by atoms with Crippen LogP contribution in [0.3, 0.4) is 0 Å². The lowest BCUT2D eigenvalue weighted by Crippen LogP contribution is -2.02. The molecule has 0 unspecified atom stereocenters. The molecule has 0 saturated carbocycles. The van der Waals surface area contributed by atoms with E-state index >= 15 is 0 Å². The van der Waals surface area contributed by atoms with E-state index in [4.69, 9.17) is 11.6 Å². The number of hydrogen-bond donors (Lipinski definition) is 2. The molecule has 0 fully saturated rings. The molecule has 0 aliphatic rings. The highest BCUT2D eigenvalue weighted by Gasteiger charge is 1.95. The van der Waals surface area contributed by atoms with Gasteiger partial charge in [0.25, 0.3) is 5.24 Å². The fourth-order valence-electron chi connectivity index (χ4n) is 0.559. The van der Waals surface area contributed by atoms with Gasteiger partial charge in [0, 0.05) is 6.20 Å². The molecule has 0 aliphatic carbocycles. The Hall–Kier alpha value is -0.740. The number of halogens is 1. The molecule has 5 heteroatoms. The number of hydrogen-bond acceptors (Lipinski definition) is 2. The van der Waals surface area contributed by atoms with Gasteiger partial charge in [-0.1, -0.05) is 24.2 Å². The van der Waals surface area contributed by atoms with Crippen LogP contribution >= 0.6 is 24.2 Å². The highest BCUT2D eigenvalue weighted by atomic mass is 35.5. The first-order valence-electron chi connectivity index (χ1n) is 2.80. The molecule has 0 saturated heterocycles. The topological polar surface area (TPSA) is 42.0 Å². The molecular weight excluding hydrogens is 184 g/mol. The lowest BCUT2D eigenvalue weighted by atomic mass is 10.5. The molecule has 0 aliphatic heterocycles. The van der Waals surface area contributed by atoms with E-state index in [-0.39, 0.29) is 0 Å². The average Bonchev–Trinajstić information content (AvgIpc) is 1.93. The quantitative estimate of drug-likeness (QED) is 0.664. The monoisotopic (exact) mass is 188 g/mol. The van der Waals surface area contributed by atoms with Crippen molar-refractivity contribution in [1.29, 1.82) is 0 Å². The molecule has 0 aromatic carbocycles. The summed E-state index contributed by atoms with van der Waals surface area (Å²) in [5, 5.41) is 2.47. The Morgan fingerprint density at radius 3 is 2.82 bits per heavy atom. The van der Waals surface area contributed by atoms with E-state index in [0.29, 0.717) is 10.8 Å². The van der Waals surface area contributed by atoms with Crippen molar-refractivity contribution in [3.8, 4) is 0 Å². The fraction of sp³-hybridized carbons (Fsp3) is 0. The summed E-state index contributed by atoms with van der Waals surface area (Å²) < 4.78 is 0. The van der Waals surface area contributed by atoms with Crippen molar-refractivity contribution in [3.05, 3.63) is 23.4 Å². The van der Waals surface area contributed by atoms with Gasteiger partial charge in [0.1, 0.15) is 5.82 Å². The number of nitrogens with zero attached hydrogens (tertiary/aromatic N) is 1. The van der Waals surface area contributed by atoms with E-state index in [9.17, 15) is 4.79 Å². The Morgan fingerprint density at radius 1 is 1.64 bits per heavy atom. The van der Waals surface area contributed by atoms with Crippen LogP contribution in [0.5, 0.6) is 0 Å². The molecule has 0 spiro atoms. The summed E-state index contributed by atoms with van der Waals surface area (Å²) in [7, 11) is 0. The van der Waals surface area contributed by atoms with Gasteiger partial charge in [-0.15, -0.1) is 0 Å². The molecule has 58 valence electrons. The number of rotatable bonds is 1. The number of thiol groups is 1. The summed E-state index contributed by atoms with van der Waals surface area (Å²) >= 11 is 9.07. The van der Waals surface area contributed by atoms with E-state index in [1.807, 2.05) is 0 Å². The average molecular weight is 189 g/mol. The lowest BCUT2D eigenvalue weighted by molar-refractivity contribution is 0.270. The van der Waals surface area contributed by atoms with Gasteiger partial charge in [-0.3, -0.25) is 4.79 Å². The third kappa shape index (κ3) is 2.78. The molecule has 0 radical (unpaired) electrons. The molecule has 0 bridgehead atoms. The van der Waals surface area contributed by atoms with Crippen LogP contribution in [0.4, 0.5) is 10.6 Å². The van der Waals surface area contributed by atoms with Gasteiger partial charge >= 0.3 is 0 Å². The maximum atomic E-state index is 10.4. The molecule has 1 heterocycles. The second-order valence-corrected chi connectivity index (χ2v) is 2.63. The first kappa shape index (κ1) is 8.36. The molecular formula is C6H5ClN2OS. The molecule has 1 N–H and O–H groups in total. The number of nitrogens with one attached hydrogen (secondary N) is 1. The van der Waals surface area contributed by atoms with Crippen molar-refractivity contribution in [2.75, 3.05) is 5.32 Å². The largest absolute Gasteiger partial charge is 0.302 e. The summed E-state index contributed by atoms with van der Waals surface area (Å²) in [5.41, 5.74) is 0. The highest BCUT2D eigenvalue weighted by molar-refractivity contribution is 7.96. The zero-order chi connectivity index (χ0) is 8.27.